The first-order chi connectivity index (χ1) is 8.83. The van der Waals surface area contributed by atoms with E-state index in [0.717, 1.165) is 5.96 Å². The van der Waals surface area contributed by atoms with E-state index in [9.17, 15) is 0 Å². The zero-order valence-corrected chi connectivity index (χ0v) is 12.1. The van der Waals surface area contributed by atoms with Gasteiger partial charge in [-0.05, 0) is 31.9 Å². The third-order valence-corrected chi connectivity index (χ3v) is 5.25. The number of nitrogens with one attached hydrogen (secondary N) is 2. The number of hydrogen-bond acceptors (Lipinski definition) is 3. The monoisotopic (exact) mass is 270 g/mol. The molecule has 0 heterocycles. The van der Waals surface area contributed by atoms with E-state index in [4.69, 9.17) is 10.8 Å². The minimum Gasteiger partial charge on any atom is -0.353 e. The molecule has 2 aliphatic rings. The van der Waals surface area contributed by atoms with Gasteiger partial charge in [-0.2, -0.15) is 11.8 Å². The van der Waals surface area contributed by atoms with E-state index in [2.05, 4.69) is 17.0 Å². The zero-order chi connectivity index (χ0) is 12.8. The Morgan fingerprint density at radius 1 is 1.11 bits per heavy atom. The molecule has 2 fully saturated rings. The van der Waals surface area contributed by atoms with Gasteiger partial charge < -0.3 is 5.32 Å². The van der Waals surface area contributed by atoms with Gasteiger partial charge in [0.1, 0.15) is 0 Å². The predicted octanol–water partition coefficient (Wildman–Crippen LogP) is 2.01. The van der Waals surface area contributed by atoms with Crippen molar-refractivity contribution in [2.24, 2.45) is 10.8 Å². The van der Waals surface area contributed by atoms with Crippen LogP contribution in [0.3, 0.4) is 0 Å². The van der Waals surface area contributed by atoms with E-state index in [1.54, 1.807) is 0 Å². The number of hydrogen-bond donors (Lipinski definition) is 3. The highest BCUT2D eigenvalue weighted by Gasteiger charge is 2.26. The van der Waals surface area contributed by atoms with Crippen LogP contribution in [-0.2, 0) is 0 Å². The average Bonchev–Trinajstić information content (AvgIpc) is 2.86. The molecule has 0 aromatic rings. The number of guanidine groups is 1. The van der Waals surface area contributed by atoms with Crippen molar-refractivity contribution in [3.63, 3.8) is 0 Å². The van der Waals surface area contributed by atoms with Crippen LogP contribution in [0.4, 0.5) is 0 Å². The van der Waals surface area contributed by atoms with Crippen molar-refractivity contribution < 1.29 is 0 Å². The maximum Gasteiger partial charge on any atom is 0.206 e. The Balaban J connectivity index is 1.90. The highest BCUT2D eigenvalue weighted by atomic mass is 32.2. The SMILES string of the molecule is CSC1CCCC1N=C(NN)NC1CCCCC1. The summed E-state index contributed by atoms with van der Waals surface area (Å²) in [7, 11) is 0. The Morgan fingerprint density at radius 3 is 2.56 bits per heavy atom. The quantitative estimate of drug-likeness (QED) is 0.318. The fraction of sp³-hybridized carbons (Fsp3) is 0.923. The molecule has 0 aromatic heterocycles. The van der Waals surface area contributed by atoms with Crippen molar-refractivity contribution in [1.29, 1.82) is 0 Å². The van der Waals surface area contributed by atoms with Gasteiger partial charge in [0.05, 0.1) is 6.04 Å². The summed E-state index contributed by atoms with van der Waals surface area (Å²) in [6, 6.07) is 0.991. The van der Waals surface area contributed by atoms with Gasteiger partial charge in [0.25, 0.3) is 0 Å². The Morgan fingerprint density at radius 2 is 1.89 bits per heavy atom. The molecule has 2 aliphatic carbocycles. The minimum atomic E-state index is 0.433. The number of thioether (sulfide) groups is 1. The van der Waals surface area contributed by atoms with E-state index in [1.807, 2.05) is 11.8 Å². The van der Waals surface area contributed by atoms with Crippen molar-refractivity contribution in [1.82, 2.24) is 10.7 Å². The van der Waals surface area contributed by atoms with Gasteiger partial charge in [-0.1, -0.05) is 25.7 Å². The molecule has 0 amide bonds. The molecule has 0 aliphatic heterocycles. The molecule has 4 nitrogen and oxygen atoms in total. The molecule has 0 saturated heterocycles. The van der Waals surface area contributed by atoms with Gasteiger partial charge in [0, 0.05) is 11.3 Å². The number of nitrogens with two attached hydrogens (primary N) is 1. The summed E-state index contributed by atoms with van der Waals surface area (Å²) >= 11 is 1.94. The third kappa shape index (κ3) is 3.79. The molecule has 2 unspecified atom stereocenters. The summed E-state index contributed by atoms with van der Waals surface area (Å²) in [5, 5.41) is 4.15. The van der Waals surface area contributed by atoms with Gasteiger partial charge in [-0.15, -0.1) is 0 Å². The van der Waals surface area contributed by atoms with Crippen LogP contribution in [-0.4, -0.2) is 29.5 Å². The topological polar surface area (TPSA) is 62.4 Å². The van der Waals surface area contributed by atoms with Crippen molar-refractivity contribution in [3.05, 3.63) is 0 Å². The Bertz CT molecular complexity index is 276. The van der Waals surface area contributed by atoms with Crippen LogP contribution in [0.1, 0.15) is 51.4 Å². The van der Waals surface area contributed by atoms with Crippen LogP contribution >= 0.6 is 11.8 Å². The molecule has 0 spiro atoms. The van der Waals surface area contributed by atoms with Crippen molar-refractivity contribution in [2.45, 2.75) is 68.7 Å². The molecular weight excluding hydrogens is 244 g/mol. The number of nitrogens with zero attached hydrogens (tertiary/aromatic N) is 1. The number of aliphatic imine (C=N–C) groups is 1. The molecule has 0 aromatic carbocycles. The first-order valence-corrected chi connectivity index (χ1v) is 8.46. The standard InChI is InChI=1S/C13H26N4S/c1-18-12-9-5-8-11(12)16-13(17-14)15-10-6-3-2-4-7-10/h10-12H,2-9,14H2,1H3,(H2,15,16,17). The van der Waals surface area contributed by atoms with Crippen LogP contribution in [0.15, 0.2) is 4.99 Å². The van der Waals surface area contributed by atoms with Gasteiger partial charge in [-0.3, -0.25) is 5.43 Å². The van der Waals surface area contributed by atoms with Gasteiger partial charge in [0.2, 0.25) is 5.96 Å². The largest absolute Gasteiger partial charge is 0.353 e. The van der Waals surface area contributed by atoms with Gasteiger partial charge in [-0.25, -0.2) is 10.8 Å². The highest BCUT2D eigenvalue weighted by Crippen LogP contribution is 2.30. The first kappa shape index (κ1) is 14.0. The van der Waals surface area contributed by atoms with Crippen LogP contribution in [0, 0.1) is 0 Å². The summed E-state index contributed by atoms with van der Waals surface area (Å²) in [6.07, 6.45) is 12.5. The Kier molecular flexibility index (Phi) is 5.63. The lowest BCUT2D eigenvalue weighted by molar-refractivity contribution is 0.409. The molecule has 104 valence electrons. The summed E-state index contributed by atoms with van der Waals surface area (Å²) in [4.78, 5) is 4.79. The van der Waals surface area contributed by atoms with E-state index in [-0.39, 0.29) is 0 Å². The van der Waals surface area contributed by atoms with Crippen molar-refractivity contribution >= 4 is 17.7 Å². The molecular formula is C13H26N4S. The molecule has 5 heteroatoms. The minimum absolute atomic E-state index is 0.433. The lowest BCUT2D eigenvalue weighted by Gasteiger charge is -2.25. The Hall–Kier alpha value is -0.420. The zero-order valence-electron chi connectivity index (χ0n) is 11.3. The lowest BCUT2D eigenvalue weighted by Crippen LogP contribution is -2.47. The van der Waals surface area contributed by atoms with Gasteiger partial charge in [0.15, 0.2) is 0 Å². The van der Waals surface area contributed by atoms with E-state index < -0.39 is 0 Å². The van der Waals surface area contributed by atoms with E-state index >= 15 is 0 Å². The highest BCUT2D eigenvalue weighted by molar-refractivity contribution is 7.99. The van der Waals surface area contributed by atoms with E-state index in [1.165, 1.54) is 51.4 Å². The summed E-state index contributed by atoms with van der Waals surface area (Å²) < 4.78 is 0. The number of rotatable bonds is 3. The molecule has 18 heavy (non-hydrogen) atoms. The summed E-state index contributed by atoms with van der Waals surface area (Å²) in [6.45, 7) is 0. The fourth-order valence-electron chi connectivity index (χ4n) is 3.05. The first-order valence-electron chi connectivity index (χ1n) is 7.17. The molecule has 0 radical (unpaired) electrons. The Labute approximate surface area is 115 Å². The van der Waals surface area contributed by atoms with Crippen molar-refractivity contribution in [3.8, 4) is 0 Å². The fourth-order valence-corrected chi connectivity index (χ4v) is 3.96. The molecule has 2 atom stereocenters. The van der Waals surface area contributed by atoms with Crippen LogP contribution < -0.4 is 16.6 Å². The second-order valence-electron chi connectivity index (χ2n) is 5.37. The molecule has 4 N–H and O–H groups in total. The maximum atomic E-state index is 5.60. The van der Waals surface area contributed by atoms with Crippen LogP contribution in [0.2, 0.25) is 0 Å². The number of hydrazine groups is 1. The van der Waals surface area contributed by atoms with E-state index in [0.29, 0.717) is 17.3 Å². The van der Waals surface area contributed by atoms with Crippen LogP contribution in [0.25, 0.3) is 0 Å². The average molecular weight is 270 g/mol. The summed E-state index contributed by atoms with van der Waals surface area (Å²) in [5.41, 5.74) is 2.75. The summed E-state index contributed by atoms with van der Waals surface area (Å²) in [5.74, 6) is 6.40. The lowest BCUT2D eigenvalue weighted by atomic mass is 9.96. The normalized spacial score (nSPS) is 30.4. The van der Waals surface area contributed by atoms with Gasteiger partial charge >= 0.3 is 0 Å². The second-order valence-corrected chi connectivity index (χ2v) is 6.45. The molecule has 0 bridgehead atoms. The third-order valence-electron chi connectivity index (χ3n) is 4.10. The second kappa shape index (κ2) is 7.24. The van der Waals surface area contributed by atoms with Crippen molar-refractivity contribution in [2.75, 3.05) is 6.26 Å². The maximum absolute atomic E-state index is 5.60. The smallest absolute Gasteiger partial charge is 0.206 e. The predicted molar refractivity (Wildman–Crippen MR) is 79.7 cm³/mol. The molecule has 2 rings (SSSR count). The van der Waals surface area contributed by atoms with Crippen LogP contribution in [0.5, 0.6) is 0 Å². The molecule has 2 saturated carbocycles.